The van der Waals surface area contributed by atoms with E-state index in [4.69, 9.17) is 18.9 Å². The zero-order valence-corrected chi connectivity index (χ0v) is 22.4. The van der Waals surface area contributed by atoms with Crippen LogP contribution in [0.2, 0.25) is 0 Å². The highest BCUT2D eigenvalue weighted by Gasteiger charge is 2.26. The number of rotatable bonds is 15. The Hall–Kier alpha value is -3.84. The first-order valence-corrected chi connectivity index (χ1v) is 12.8. The summed E-state index contributed by atoms with van der Waals surface area (Å²) in [5.41, 5.74) is 2.70. The van der Waals surface area contributed by atoms with E-state index in [1.165, 1.54) is 7.11 Å². The van der Waals surface area contributed by atoms with Crippen molar-refractivity contribution in [3.8, 4) is 11.5 Å². The Bertz CT molecular complexity index is 1130. The summed E-state index contributed by atoms with van der Waals surface area (Å²) in [7, 11) is 4.65. The normalized spacial score (nSPS) is 11.4. The fourth-order valence-corrected chi connectivity index (χ4v) is 4.11. The van der Waals surface area contributed by atoms with E-state index in [1.807, 2.05) is 78.9 Å². The number of ether oxygens (including phenoxy) is 4. The molecule has 0 fully saturated rings. The summed E-state index contributed by atoms with van der Waals surface area (Å²) in [6.07, 6.45) is 2.50. The monoisotopic (exact) mass is 519 g/mol. The van der Waals surface area contributed by atoms with E-state index in [0.29, 0.717) is 25.8 Å². The molecule has 0 aromatic heterocycles. The Morgan fingerprint density at radius 1 is 0.763 bits per heavy atom. The lowest BCUT2D eigenvalue weighted by molar-refractivity contribution is -0.140. The molecule has 0 saturated heterocycles. The molecule has 202 valence electrons. The van der Waals surface area contributed by atoms with E-state index < -0.39 is 6.10 Å². The van der Waals surface area contributed by atoms with E-state index in [-0.39, 0.29) is 18.5 Å². The molecule has 0 spiro atoms. The van der Waals surface area contributed by atoms with Crippen LogP contribution < -0.4 is 14.4 Å². The number of carbonyl (C=O) groups excluding carboxylic acids is 2. The van der Waals surface area contributed by atoms with Crippen molar-refractivity contribution in [1.82, 2.24) is 0 Å². The third-order valence-corrected chi connectivity index (χ3v) is 6.27. The van der Waals surface area contributed by atoms with Crippen molar-refractivity contribution in [2.75, 3.05) is 26.2 Å². The molecule has 0 aliphatic heterocycles. The highest BCUT2D eigenvalue weighted by atomic mass is 16.5. The Balaban J connectivity index is 1.78. The van der Waals surface area contributed by atoms with Gasteiger partial charge in [0.1, 0.15) is 17.6 Å². The number of para-hydroxylation sites is 1. The molecule has 3 aromatic rings. The number of methoxy groups -OCH3 is 3. The largest absolute Gasteiger partial charge is 0.497 e. The Morgan fingerprint density at radius 3 is 2.18 bits per heavy atom. The van der Waals surface area contributed by atoms with Gasteiger partial charge < -0.3 is 23.8 Å². The zero-order chi connectivity index (χ0) is 27.2. The number of carbonyl (C=O) groups is 2. The van der Waals surface area contributed by atoms with E-state index in [1.54, 1.807) is 19.1 Å². The smallest absolute Gasteiger partial charge is 0.305 e. The second kappa shape index (κ2) is 15.4. The maximum Gasteiger partial charge on any atom is 0.305 e. The molecule has 1 unspecified atom stereocenters. The predicted octanol–water partition coefficient (Wildman–Crippen LogP) is 5.95. The van der Waals surface area contributed by atoms with Gasteiger partial charge in [-0.25, -0.2) is 0 Å². The van der Waals surface area contributed by atoms with Crippen LogP contribution in [0.1, 0.15) is 43.2 Å². The van der Waals surface area contributed by atoms with Crippen LogP contribution in [-0.2, 0) is 32.2 Å². The van der Waals surface area contributed by atoms with Gasteiger partial charge in [0.2, 0.25) is 0 Å². The topological polar surface area (TPSA) is 74.3 Å². The summed E-state index contributed by atoms with van der Waals surface area (Å²) in [6.45, 7) is 0.676. The maximum absolute atomic E-state index is 14.0. The van der Waals surface area contributed by atoms with Crippen molar-refractivity contribution >= 4 is 17.6 Å². The summed E-state index contributed by atoms with van der Waals surface area (Å²) in [4.78, 5) is 27.2. The molecule has 0 bridgehead atoms. The van der Waals surface area contributed by atoms with Crippen LogP contribution in [0, 0.1) is 0 Å². The fraction of sp³-hybridized carbons (Fsp3) is 0.355. The number of nitrogens with zero attached hydrogens (tertiary/aromatic N) is 1. The second-order valence-corrected chi connectivity index (χ2v) is 8.93. The van der Waals surface area contributed by atoms with Crippen LogP contribution in [0.25, 0.3) is 0 Å². The molecule has 0 radical (unpaired) electrons. The molecule has 7 heteroatoms. The number of anilines is 1. The third-order valence-electron chi connectivity index (χ3n) is 6.27. The van der Waals surface area contributed by atoms with Crippen molar-refractivity contribution in [2.24, 2.45) is 0 Å². The van der Waals surface area contributed by atoms with Gasteiger partial charge in [-0.1, -0.05) is 55.3 Å². The van der Waals surface area contributed by atoms with Crippen molar-refractivity contribution in [3.63, 3.8) is 0 Å². The van der Waals surface area contributed by atoms with Gasteiger partial charge in [0.25, 0.3) is 5.91 Å². The van der Waals surface area contributed by atoms with Crippen LogP contribution in [0.4, 0.5) is 5.69 Å². The van der Waals surface area contributed by atoms with Gasteiger partial charge in [0.05, 0.1) is 34.5 Å². The number of benzene rings is 3. The minimum absolute atomic E-state index is 0.108. The Kier molecular flexibility index (Phi) is 11.7. The average Bonchev–Trinajstić information content (AvgIpc) is 2.97. The van der Waals surface area contributed by atoms with Gasteiger partial charge in [-0.3, -0.25) is 9.59 Å². The van der Waals surface area contributed by atoms with Crippen LogP contribution >= 0.6 is 0 Å². The number of hydrogen-bond acceptors (Lipinski definition) is 6. The van der Waals surface area contributed by atoms with Crippen molar-refractivity contribution < 1.29 is 28.5 Å². The summed E-state index contributed by atoms with van der Waals surface area (Å²) in [5.74, 6) is 1.17. The second-order valence-electron chi connectivity index (χ2n) is 8.93. The van der Waals surface area contributed by atoms with Crippen molar-refractivity contribution in [3.05, 3.63) is 90.0 Å². The van der Waals surface area contributed by atoms with Gasteiger partial charge >= 0.3 is 5.97 Å². The van der Waals surface area contributed by atoms with Gasteiger partial charge in [-0.2, -0.15) is 0 Å². The fourth-order valence-electron chi connectivity index (χ4n) is 4.11. The first-order chi connectivity index (χ1) is 18.5. The first kappa shape index (κ1) is 28.7. The Morgan fingerprint density at radius 2 is 1.50 bits per heavy atom. The quantitative estimate of drug-likeness (QED) is 0.183. The van der Waals surface area contributed by atoms with Crippen molar-refractivity contribution in [1.29, 1.82) is 0 Å². The average molecular weight is 520 g/mol. The van der Waals surface area contributed by atoms with Gasteiger partial charge in [0, 0.05) is 12.1 Å². The van der Waals surface area contributed by atoms with Crippen LogP contribution in [0.3, 0.4) is 0 Å². The van der Waals surface area contributed by atoms with Gasteiger partial charge in [0.15, 0.2) is 0 Å². The predicted molar refractivity (Wildman–Crippen MR) is 147 cm³/mol. The molecule has 7 nitrogen and oxygen atoms in total. The molecule has 1 amide bonds. The van der Waals surface area contributed by atoms with Crippen molar-refractivity contribution in [2.45, 2.75) is 51.4 Å². The third kappa shape index (κ3) is 8.92. The zero-order valence-electron chi connectivity index (χ0n) is 22.4. The molecule has 0 N–H and O–H groups in total. The lowest BCUT2D eigenvalue weighted by atomic mass is 10.1. The molecular weight excluding hydrogens is 482 g/mol. The minimum atomic E-state index is -0.655. The lowest BCUT2D eigenvalue weighted by Gasteiger charge is -2.28. The maximum atomic E-state index is 14.0. The van der Waals surface area contributed by atoms with E-state index in [9.17, 15) is 9.59 Å². The number of hydrogen-bond donors (Lipinski definition) is 0. The molecule has 38 heavy (non-hydrogen) atoms. The SMILES string of the molecule is COC(=O)CCCCCC(OCc1cccc(OC)c1)C(=O)N(Cc1ccc(OC)cc1)c1ccccc1. The molecule has 0 heterocycles. The summed E-state index contributed by atoms with van der Waals surface area (Å²) >= 11 is 0. The van der Waals surface area contributed by atoms with E-state index in [2.05, 4.69) is 0 Å². The standard InChI is InChI=1S/C31H37NO6/c1-35-27-19-17-24(18-20-27)22-32(26-12-6-4-7-13-26)31(34)29(15-8-5-9-16-30(33)37-3)38-23-25-11-10-14-28(21-25)36-2/h4,6-7,10-14,17-21,29H,5,8-9,15-16,22-23H2,1-3H3. The number of unbranched alkanes of at least 4 members (excludes halogenated alkanes) is 2. The summed E-state index contributed by atoms with van der Waals surface area (Å²) in [6, 6.07) is 25.0. The molecule has 0 saturated carbocycles. The molecule has 1 atom stereocenters. The highest BCUT2D eigenvalue weighted by molar-refractivity contribution is 5.96. The molecule has 3 rings (SSSR count). The number of amides is 1. The molecule has 0 aliphatic carbocycles. The first-order valence-electron chi connectivity index (χ1n) is 12.8. The molecular formula is C31H37NO6. The highest BCUT2D eigenvalue weighted by Crippen LogP contribution is 2.23. The summed E-state index contributed by atoms with van der Waals surface area (Å²) in [5, 5.41) is 0. The van der Waals surface area contributed by atoms with Gasteiger partial charge in [-0.15, -0.1) is 0 Å². The molecule has 0 aliphatic rings. The van der Waals surface area contributed by atoms with E-state index in [0.717, 1.165) is 41.2 Å². The Labute approximate surface area is 225 Å². The number of esters is 1. The van der Waals surface area contributed by atoms with Gasteiger partial charge in [-0.05, 0) is 60.4 Å². The lowest BCUT2D eigenvalue weighted by Crippen LogP contribution is -2.40. The summed E-state index contributed by atoms with van der Waals surface area (Å²) < 4.78 is 21.6. The van der Waals surface area contributed by atoms with Crippen LogP contribution in [-0.4, -0.2) is 39.3 Å². The molecule has 3 aromatic carbocycles. The van der Waals surface area contributed by atoms with E-state index >= 15 is 0 Å². The van der Waals surface area contributed by atoms with Crippen LogP contribution in [0.15, 0.2) is 78.9 Å². The van der Waals surface area contributed by atoms with Crippen LogP contribution in [0.5, 0.6) is 11.5 Å². The minimum Gasteiger partial charge on any atom is -0.497 e.